The van der Waals surface area contributed by atoms with Gasteiger partial charge in [0.2, 0.25) is 5.91 Å². The van der Waals surface area contributed by atoms with Crippen LogP contribution in [0, 0.1) is 0 Å². The molecule has 0 aliphatic rings. The van der Waals surface area contributed by atoms with Gasteiger partial charge < -0.3 is 15.8 Å². The van der Waals surface area contributed by atoms with Crippen molar-refractivity contribution >= 4 is 22.5 Å². The Bertz CT molecular complexity index is 581. The molecule has 1 aromatic heterocycles. The molecule has 5 heteroatoms. The highest BCUT2D eigenvalue weighted by Gasteiger charge is 2.14. The zero-order valence-electron chi connectivity index (χ0n) is 11.5. The minimum Gasteiger partial charge on any atom is -0.385 e. The third-order valence-corrected chi connectivity index (χ3v) is 3.10. The van der Waals surface area contributed by atoms with Gasteiger partial charge in [-0.2, -0.15) is 0 Å². The first-order chi connectivity index (χ1) is 9.72. The number of rotatable bonds is 6. The van der Waals surface area contributed by atoms with Crippen molar-refractivity contribution in [3.8, 4) is 0 Å². The monoisotopic (exact) mass is 273 g/mol. The highest BCUT2D eigenvalue weighted by molar-refractivity contribution is 6.02. The van der Waals surface area contributed by atoms with Crippen molar-refractivity contribution in [2.24, 2.45) is 5.73 Å². The molecule has 0 fully saturated rings. The van der Waals surface area contributed by atoms with Crippen molar-refractivity contribution in [1.29, 1.82) is 0 Å². The van der Waals surface area contributed by atoms with E-state index in [0.29, 0.717) is 13.0 Å². The van der Waals surface area contributed by atoms with Gasteiger partial charge in [0, 0.05) is 25.3 Å². The van der Waals surface area contributed by atoms with Crippen LogP contribution < -0.4 is 11.1 Å². The summed E-state index contributed by atoms with van der Waals surface area (Å²) in [7, 11) is 1.63. The van der Waals surface area contributed by atoms with E-state index in [-0.39, 0.29) is 5.91 Å². The van der Waals surface area contributed by atoms with Crippen LogP contribution in [0.1, 0.15) is 12.8 Å². The standard InChI is InChI=1S/C15H19N3O2/c1-20-10-4-6-12(16)15(19)18-14-8-2-7-13-11(14)5-3-9-17-13/h2-3,5,7-9,12H,4,6,10,16H2,1H3,(H,18,19). The van der Waals surface area contributed by atoms with Crippen LogP contribution in [0.25, 0.3) is 10.9 Å². The number of pyridine rings is 1. The summed E-state index contributed by atoms with van der Waals surface area (Å²) in [5.41, 5.74) is 7.45. The Morgan fingerprint density at radius 1 is 1.40 bits per heavy atom. The Morgan fingerprint density at radius 3 is 3.05 bits per heavy atom. The van der Waals surface area contributed by atoms with E-state index in [0.717, 1.165) is 23.0 Å². The lowest BCUT2D eigenvalue weighted by Crippen LogP contribution is -2.35. The zero-order valence-corrected chi connectivity index (χ0v) is 11.5. The second-order valence-electron chi connectivity index (χ2n) is 4.61. The molecule has 2 aromatic rings. The lowest BCUT2D eigenvalue weighted by Gasteiger charge is -2.13. The number of nitrogens with two attached hydrogens (primary N) is 1. The number of carbonyl (C=O) groups excluding carboxylic acids is 1. The molecule has 1 amide bonds. The second-order valence-corrected chi connectivity index (χ2v) is 4.61. The van der Waals surface area contributed by atoms with Gasteiger partial charge in [-0.1, -0.05) is 6.07 Å². The van der Waals surface area contributed by atoms with Crippen LogP contribution in [0.15, 0.2) is 36.5 Å². The maximum absolute atomic E-state index is 12.1. The van der Waals surface area contributed by atoms with E-state index in [1.807, 2.05) is 30.3 Å². The summed E-state index contributed by atoms with van der Waals surface area (Å²) in [6.45, 7) is 0.610. The minimum atomic E-state index is -0.530. The van der Waals surface area contributed by atoms with Crippen LogP contribution in [-0.2, 0) is 9.53 Å². The molecule has 1 aromatic carbocycles. The first kappa shape index (κ1) is 14.4. The first-order valence-corrected chi connectivity index (χ1v) is 6.61. The molecule has 5 nitrogen and oxygen atoms in total. The normalized spacial score (nSPS) is 12.3. The Hall–Kier alpha value is -1.98. The van der Waals surface area contributed by atoms with Crippen LogP contribution >= 0.6 is 0 Å². The van der Waals surface area contributed by atoms with Gasteiger partial charge >= 0.3 is 0 Å². The molecule has 0 saturated carbocycles. The van der Waals surface area contributed by atoms with Crippen molar-refractivity contribution in [2.45, 2.75) is 18.9 Å². The first-order valence-electron chi connectivity index (χ1n) is 6.61. The number of ether oxygens (including phenoxy) is 1. The SMILES string of the molecule is COCCCC(N)C(=O)Nc1cccc2ncccc12. The van der Waals surface area contributed by atoms with Crippen LogP contribution in [0.3, 0.4) is 0 Å². The second kappa shape index (κ2) is 6.98. The maximum Gasteiger partial charge on any atom is 0.241 e. The molecule has 1 atom stereocenters. The van der Waals surface area contributed by atoms with E-state index in [1.165, 1.54) is 0 Å². The number of nitrogens with one attached hydrogen (secondary N) is 1. The molecule has 2 rings (SSSR count). The predicted molar refractivity (Wildman–Crippen MR) is 79.5 cm³/mol. The molecule has 0 spiro atoms. The fourth-order valence-electron chi connectivity index (χ4n) is 2.02. The van der Waals surface area contributed by atoms with Crippen molar-refractivity contribution in [3.05, 3.63) is 36.5 Å². The van der Waals surface area contributed by atoms with E-state index in [2.05, 4.69) is 10.3 Å². The van der Waals surface area contributed by atoms with Crippen molar-refractivity contribution in [1.82, 2.24) is 4.98 Å². The fraction of sp³-hybridized carbons (Fsp3) is 0.333. The Morgan fingerprint density at radius 2 is 2.25 bits per heavy atom. The summed E-state index contributed by atoms with van der Waals surface area (Å²) in [4.78, 5) is 16.3. The molecule has 0 radical (unpaired) electrons. The van der Waals surface area contributed by atoms with Crippen molar-refractivity contribution in [3.63, 3.8) is 0 Å². The van der Waals surface area contributed by atoms with Gasteiger partial charge in [-0.25, -0.2) is 0 Å². The predicted octanol–water partition coefficient (Wildman–Crippen LogP) is 1.93. The number of hydrogen-bond acceptors (Lipinski definition) is 4. The highest BCUT2D eigenvalue weighted by atomic mass is 16.5. The summed E-state index contributed by atoms with van der Waals surface area (Å²) < 4.78 is 4.95. The van der Waals surface area contributed by atoms with Crippen LogP contribution in [-0.4, -0.2) is 30.6 Å². The van der Waals surface area contributed by atoms with E-state index < -0.39 is 6.04 Å². The third-order valence-electron chi connectivity index (χ3n) is 3.10. The number of nitrogens with zero attached hydrogens (tertiary/aromatic N) is 1. The van der Waals surface area contributed by atoms with E-state index >= 15 is 0 Å². The number of benzene rings is 1. The maximum atomic E-state index is 12.1. The van der Waals surface area contributed by atoms with Gasteiger partial charge in [-0.3, -0.25) is 9.78 Å². The molecule has 0 saturated heterocycles. The molecular weight excluding hydrogens is 254 g/mol. The number of methoxy groups -OCH3 is 1. The van der Waals surface area contributed by atoms with E-state index in [9.17, 15) is 4.79 Å². The highest BCUT2D eigenvalue weighted by Crippen LogP contribution is 2.21. The molecular formula is C15H19N3O2. The molecule has 0 aliphatic carbocycles. The van der Waals surface area contributed by atoms with Gasteiger partial charge in [-0.15, -0.1) is 0 Å². The topological polar surface area (TPSA) is 77.2 Å². The van der Waals surface area contributed by atoms with Crippen LogP contribution in [0.2, 0.25) is 0 Å². The van der Waals surface area contributed by atoms with Gasteiger partial charge in [0.1, 0.15) is 0 Å². The van der Waals surface area contributed by atoms with Crippen molar-refractivity contribution < 1.29 is 9.53 Å². The van der Waals surface area contributed by atoms with E-state index in [1.54, 1.807) is 13.3 Å². The number of carbonyl (C=O) groups is 1. The van der Waals surface area contributed by atoms with Gasteiger partial charge in [0.25, 0.3) is 0 Å². The average Bonchev–Trinajstić information content (AvgIpc) is 2.47. The number of aromatic nitrogens is 1. The van der Waals surface area contributed by atoms with Crippen LogP contribution in [0.5, 0.6) is 0 Å². The third kappa shape index (κ3) is 3.53. The zero-order chi connectivity index (χ0) is 14.4. The minimum absolute atomic E-state index is 0.183. The summed E-state index contributed by atoms with van der Waals surface area (Å²) >= 11 is 0. The quantitative estimate of drug-likeness (QED) is 0.788. The largest absolute Gasteiger partial charge is 0.385 e. The summed E-state index contributed by atoms with van der Waals surface area (Å²) in [6, 6.07) is 8.86. The van der Waals surface area contributed by atoms with Crippen LogP contribution in [0.4, 0.5) is 5.69 Å². The van der Waals surface area contributed by atoms with Gasteiger partial charge in [0.05, 0.1) is 17.2 Å². The molecule has 1 heterocycles. The molecule has 1 unspecified atom stereocenters. The van der Waals surface area contributed by atoms with E-state index in [4.69, 9.17) is 10.5 Å². The number of fused-ring (bicyclic) bond motifs is 1. The lowest BCUT2D eigenvalue weighted by molar-refractivity contribution is -0.117. The number of hydrogen-bond donors (Lipinski definition) is 2. The molecule has 0 bridgehead atoms. The summed E-state index contributed by atoms with van der Waals surface area (Å²) in [6.07, 6.45) is 3.09. The summed E-state index contributed by atoms with van der Waals surface area (Å²) in [5.74, 6) is -0.183. The Balaban J connectivity index is 2.06. The average molecular weight is 273 g/mol. The summed E-state index contributed by atoms with van der Waals surface area (Å²) in [5, 5.41) is 3.78. The number of amides is 1. The number of anilines is 1. The van der Waals surface area contributed by atoms with Gasteiger partial charge in [-0.05, 0) is 37.1 Å². The Kier molecular flexibility index (Phi) is 5.03. The molecule has 20 heavy (non-hydrogen) atoms. The lowest BCUT2D eigenvalue weighted by atomic mass is 10.1. The van der Waals surface area contributed by atoms with Gasteiger partial charge in [0.15, 0.2) is 0 Å². The molecule has 3 N–H and O–H groups in total. The molecule has 0 aliphatic heterocycles. The fourth-order valence-corrected chi connectivity index (χ4v) is 2.02. The Labute approximate surface area is 118 Å². The van der Waals surface area contributed by atoms with Crippen molar-refractivity contribution in [2.75, 3.05) is 19.0 Å². The smallest absolute Gasteiger partial charge is 0.241 e. The molecule has 106 valence electrons.